The van der Waals surface area contributed by atoms with E-state index in [1.165, 1.54) is 18.4 Å². The van der Waals surface area contributed by atoms with E-state index < -0.39 is 0 Å². The third kappa shape index (κ3) is 2.70. The Kier molecular flexibility index (Phi) is 4.04. The van der Waals surface area contributed by atoms with Crippen molar-refractivity contribution >= 4 is 39.3 Å². The molecule has 19 heavy (non-hydrogen) atoms. The minimum atomic E-state index is -0.288. The predicted molar refractivity (Wildman–Crippen MR) is 78.5 cm³/mol. The van der Waals surface area contributed by atoms with E-state index in [-0.39, 0.29) is 11.6 Å². The molecule has 1 amide bonds. The molecule has 0 unspecified atom stereocenters. The van der Waals surface area contributed by atoms with Gasteiger partial charge in [0.15, 0.2) is 0 Å². The highest BCUT2D eigenvalue weighted by Gasteiger charge is 2.21. The van der Waals surface area contributed by atoms with Crippen LogP contribution in [0.25, 0.3) is 0 Å². The van der Waals surface area contributed by atoms with Crippen LogP contribution in [0, 0.1) is 11.3 Å². The fraction of sp³-hybridized carbons (Fsp3) is 0.167. The number of anilines is 2. The molecule has 0 aliphatic heterocycles. The molecule has 2 heterocycles. The summed E-state index contributed by atoms with van der Waals surface area (Å²) in [6, 6.07) is 5.97. The first-order valence-corrected chi connectivity index (χ1v) is 7.17. The summed E-state index contributed by atoms with van der Waals surface area (Å²) in [6.45, 7) is 0.604. The molecule has 0 aliphatic carbocycles. The van der Waals surface area contributed by atoms with Crippen LogP contribution in [0.1, 0.15) is 20.1 Å². The van der Waals surface area contributed by atoms with Crippen LogP contribution in [0.15, 0.2) is 17.5 Å². The highest BCUT2D eigenvalue weighted by molar-refractivity contribution is 7.17. The molecular weight excluding hydrogens is 280 g/mol. The van der Waals surface area contributed by atoms with Gasteiger partial charge in [-0.3, -0.25) is 4.79 Å². The topological polar surface area (TPSA) is 90.9 Å². The fourth-order valence-electron chi connectivity index (χ4n) is 1.58. The number of nitrogens with two attached hydrogens (primary N) is 1. The maximum Gasteiger partial charge on any atom is 0.256 e. The summed E-state index contributed by atoms with van der Waals surface area (Å²) in [5.41, 5.74) is 6.41. The average molecular weight is 292 g/mol. The van der Waals surface area contributed by atoms with Crippen LogP contribution in [0.5, 0.6) is 0 Å². The summed E-state index contributed by atoms with van der Waals surface area (Å²) < 4.78 is 0. The van der Waals surface area contributed by atoms with Crippen LogP contribution in [0.3, 0.4) is 0 Å². The van der Waals surface area contributed by atoms with Gasteiger partial charge in [-0.05, 0) is 11.4 Å². The highest BCUT2D eigenvalue weighted by Crippen LogP contribution is 2.35. The van der Waals surface area contributed by atoms with Gasteiger partial charge < -0.3 is 16.4 Å². The van der Waals surface area contributed by atoms with E-state index in [1.807, 2.05) is 23.6 Å². The molecule has 0 saturated heterocycles. The quantitative estimate of drug-likeness (QED) is 0.806. The smallest absolute Gasteiger partial charge is 0.256 e. The molecule has 2 aromatic rings. The molecule has 0 saturated carbocycles. The Hall–Kier alpha value is -2.04. The average Bonchev–Trinajstić information content (AvgIpc) is 3.03. The number of amides is 1. The van der Waals surface area contributed by atoms with Crippen molar-refractivity contribution in [3.05, 3.63) is 32.8 Å². The van der Waals surface area contributed by atoms with E-state index in [1.54, 1.807) is 11.3 Å². The molecule has 0 radical (unpaired) electrons. The Morgan fingerprint density at radius 1 is 1.58 bits per heavy atom. The van der Waals surface area contributed by atoms with Crippen LogP contribution in [0.2, 0.25) is 0 Å². The largest absolute Gasteiger partial charge is 0.396 e. The van der Waals surface area contributed by atoms with Gasteiger partial charge in [0.1, 0.15) is 15.9 Å². The lowest BCUT2D eigenvalue weighted by Gasteiger charge is -2.05. The van der Waals surface area contributed by atoms with Crippen molar-refractivity contribution in [2.24, 2.45) is 0 Å². The molecule has 0 atom stereocenters. The van der Waals surface area contributed by atoms with Crippen molar-refractivity contribution < 1.29 is 4.79 Å². The Balaban J connectivity index is 2.28. The number of nitriles is 1. The second kappa shape index (κ2) is 5.73. The van der Waals surface area contributed by atoms with Gasteiger partial charge in [0.25, 0.3) is 5.91 Å². The number of thiophene rings is 2. The van der Waals surface area contributed by atoms with Gasteiger partial charge in [-0.25, -0.2) is 0 Å². The van der Waals surface area contributed by atoms with Gasteiger partial charge in [-0.15, -0.1) is 22.7 Å². The van der Waals surface area contributed by atoms with E-state index in [4.69, 9.17) is 11.0 Å². The van der Waals surface area contributed by atoms with Crippen LogP contribution >= 0.6 is 22.7 Å². The first kappa shape index (κ1) is 13.4. The second-order valence-corrected chi connectivity index (χ2v) is 5.73. The summed E-state index contributed by atoms with van der Waals surface area (Å²) in [4.78, 5) is 13.3. The monoisotopic (exact) mass is 292 g/mol. The highest BCUT2D eigenvalue weighted by atomic mass is 32.1. The summed E-state index contributed by atoms with van der Waals surface area (Å²) >= 11 is 2.82. The maximum absolute atomic E-state index is 11.8. The summed E-state index contributed by atoms with van der Waals surface area (Å²) in [6.07, 6.45) is 0. The minimum Gasteiger partial charge on any atom is -0.396 e. The molecule has 0 bridgehead atoms. The van der Waals surface area contributed by atoms with E-state index in [0.717, 1.165) is 4.88 Å². The van der Waals surface area contributed by atoms with E-state index in [9.17, 15) is 4.79 Å². The van der Waals surface area contributed by atoms with Gasteiger partial charge in [-0.2, -0.15) is 5.26 Å². The van der Waals surface area contributed by atoms with Crippen molar-refractivity contribution in [2.75, 3.05) is 18.1 Å². The van der Waals surface area contributed by atoms with E-state index in [0.29, 0.717) is 22.0 Å². The zero-order valence-corrected chi connectivity index (χ0v) is 11.8. The Bertz CT molecular complexity index is 625. The lowest BCUT2D eigenvalue weighted by molar-refractivity contribution is 0.0965. The number of nitrogen functional groups attached to an aromatic ring is 1. The Morgan fingerprint density at radius 2 is 2.37 bits per heavy atom. The number of hydrogen-bond acceptors (Lipinski definition) is 6. The molecule has 0 aromatic carbocycles. The molecule has 5 nitrogen and oxygen atoms in total. The molecule has 2 rings (SSSR count). The molecule has 0 fully saturated rings. The van der Waals surface area contributed by atoms with E-state index in [2.05, 4.69) is 10.6 Å². The van der Waals surface area contributed by atoms with Crippen molar-refractivity contribution in [1.82, 2.24) is 5.32 Å². The molecule has 2 aromatic heterocycles. The third-order valence-corrected chi connectivity index (χ3v) is 4.45. The van der Waals surface area contributed by atoms with Crippen LogP contribution in [0.4, 0.5) is 10.7 Å². The normalized spacial score (nSPS) is 9.89. The SMILES string of the molecule is CNC(=O)c1c(NCc2cccs2)sc(C#N)c1N. The molecule has 7 heteroatoms. The zero-order valence-electron chi connectivity index (χ0n) is 10.2. The fourth-order valence-corrected chi connectivity index (χ4v) is 3.14. The van der Waals surface area contributed by atoms with Gasteiger partial charge in [-0.1, -0.05) is 6.07 Å². The number of nitrogens with zero attached hydrogens (tertiary/aromatic N) is 1. The Labute approximate surface area is 118 Å². The van der Waals surface area contributed by atoms with Crippen LogP contribution in [-0.4, -0.2) is 13.0 Å². The maximum atomic E-state index is 11.8. The number of rotatable bonds is 4. The van der Waals surface area contributed by atoms with Crippen molar-refractivity contribution in [3.63, 3.8) is 0 Å². The lowest BCUT2D eigenvalue weighted by atomic mass is 10.2. The molecule has 0 aliphatic rings. The summed E-state index contributed by atoms with van der Waals surface area (Å²) in [7, 11) is 1.54. The first-order chi connectivity index (χ1) is 9.17. The predicted octanol–water partition coefficient (Wildman–Crippen LogP) is 2.24. The second-order valence-electron chi connectivity index (χ2n) is 3.67. The summed E-state index contributed by atoms with van der Waals surface area (Å²) in [5, 5.41) is 17.3. The van der Waals surface area contributed by atoms with Crippen molar-refractivity contribution in [2.45, 2.75) is 6.54 Å². The molecular formula is C12H12N4OS2. The van der Waals surface area contributed by atoms with E-state index >= 15 is 0 Å². The van der Waals surface area contributed by atoms with Gasteiger partial charge in [0, 0.05) is 11.9 Å². The van der Waals surface area contributed by atoms with Crippen LogP contribution < -0.4 is 16.4 Å². The van der Waals surface area contributed by atoms with Gasteiger partial charge in [0.05, 0.1) is 17.8 Å². The standard InChI is InChI=1S/C12H12N4OS2/c1-15-11(17)9-10(14)8(5-13)19-12(9)16-6-7-3-2-4-18-7/h2-4,16H,6,14H2,1H3,(H,15,17). The number of nitrogens with one attached hydrogen (secondary N) is 2. The molecule has 98 valence electrons. The Morgan fingerprint density at radius 3 is 2.95 bits per heavy atom. The number of hydrogen-bond donors (Lipinski definition) is 3. The minimum absolute atomic E-state index is 0.237. The van der Waals surface area contributed by atoms with Crippen LogP contribution in [-0.2, 0) is 6.54 Å². The first-order valence-electron chi connectivity index (χ1n) is 5.48. The molecule has 4 N–H and O–H groups in total. The third-order valence-electron chi connectivity index (χ3n) is 2.50. The number of carbonyl (C=O) groups is 1. The van der Waals surface area contributed by atoms with Gasteiger partial charge in [0.2, 0.25) is 0 Å². The number of carbonyl (C=O) groups excluding carboxylic acids is 1. The van der Waals surface area contributed by atoms with Gasteiger partial charge >= 0.3 is 0 Å². The van der Waals surface area contributed by atoms with Crippen molar-refractivity contribution in [1.29, 1.82) is 5.26 Å². The molecule has 0 spiro atoms. The lowest BCUT2D eigenvalue weighted by Crippen LogP contribution is -2.19. The summed E-state index contributed by atoms with van der Waals surface area (Å²) in [5.74, 6) is -0.288. The zero-order chi connectivity index (χ0) is 13.8. The van der Waals surface area contributed by atoms with Crippen molar-refractivity contribution in [3.8, 4) is 6.07 Å².